The van der Waals surface area contributed by atoms with E-state index in [9.17, 15) is 14.4 Å². The fourth-order valence-corrected chi connectivity index (χ4v) is 8.96. The Morgan fingerprint density at radius 1 is 1.24 bits per heavy atom. The fourth-order valence-electron chi connectivity index (χ4n) is 7.71. The van der Waals surface area contributed by atoms with Gasteiger partial charge in [0.15, 0.2) is 5.82 Å². The largest absolute Gasteiger partial charge is 0.459 e. The summed E-state index contributed by atoms with van der Waals surface area (Å²) < 4.78 is 39.7. The van der Waals surface area contributed by atoms with Crippen LogP contribution in [0.5, 0.6) is 6.01 Å². The van der Waals surface area contributed by atoms with Crippen molar-refractivity contribution in [1.29, 1.82) is 5.26 Å². The number of anilines is 2. The minimum atomic E-state index is -0.760. The molecule has 3 atom stereocenters. The molecule has 0 bridgehead atoms. The van der Waals surface area contributed by atoms with Gasteiger partial charge in [-0.3, -0.25) is 4.90 Å². The SMILES string of the molecule is C[C@H](Oc1nc(N2CCC3(CCN3C(=O)n3cncn3)C2)c2cc(Cl)c(-c3ccc(F)c4sc(N)c(C#N)c34)c(F)c2n1)C1CCCN1C. The molecule has 252 valence electrons. The molecule has 8 rings (SSSR count). The summed E-state index contributed by atoms with van der Waals surface area (Å²) in [4.78, 5) is 32.7. The smallest absolute Gasteiger partial charge is 0.346 e. The Morgan fingerprint density at radius 3 is 2.76 bits per heavy atom. The molecule has 0 radical (unpaired) electrons. The number of amides is 1. The number of likely N-dealkylation sites (N-methyl/N-ethyl adjacent to an activating group) is 1. The number of carbonyl (C=O) groups is 1. The maximum atomic E-state index is 17.1. The Morgan fingerprint density at radius 2 is 2.06 bits per heavy atom. The number of benzene rings is 2. The van der Waals surface area contributed by atoms with Crippen LogP contribution in [0.1, 0.15) is 38.2 Å². The van der Waals surface area contributed by atoms with E-state index >= 15 is 4.39 Å². The lowest BCUT2D eigenvalue weighted by molar-refractivity contribution is 0.0400. The molecule has 2 unspecified atom stereocenters. The summed E-state index contributed by atoms with van der Waals surface area (Å²) >= 11 is 7.81. The van der Waals surface area contributed by atoms with Crippen LogP contribution in [-0.4, -0.2) is 91.5 Å². The number of fused-ring (bicyclic) bond motifs is 2. The molecule has 0 aliphatic carbocycles. The average molecular weight is 705 g/mol. The van der Waals surface area contributed by atoms with Gasteiger partial charge in [0.2, 0.25) is 0 Å². The second-order valence-electron chi connectivity index (χ2n) is 13.0. The molecule has 2 aromatic carbocycles. The molecule has 49 heavy (non-hydrogen) atoms. The lowest BCUT2D eigenvalue weighted by Crippen LogP contribution is -2.64. The molecule has 0 saturated carbocycles. The predicted octanol–water partition coefficient (Wildman–Crippen LogP) is 5.67. The van der Waals surface area contributed by atoms with E-state index in [1.165, 1.54) is 29.5 Å². The highest BCUT2D eigenvalue weighted by Crippen LogP contribution is 2.47. The van der Waals surface area contributed by atoms with Gasteiger partial charge >= 0.3 is 12.0 Å². The quantitative estimate of drug-likeness (QED) is 0.243. The van der Waals surface area contributed by atoms with E-state index in [2.05, 4.69) is 20.0 Å². The summed E-state index contributed by atoms with van der Waals surface area (Å²) in [5.41, 5.74) is 5.84. The summed E-state index contributed by atoms with van der Waals surface area (Å²) in [6.45, 7) is 4.45. The highest BCUT2D eigenvalue weighted by molar-refractivity contribution is 7.23. The maximum absolute atomic E-state index is 17.1. The van der Waals surface area contributed by atoms with Gasteiger partial charge in [0.25, 0.3) is 0 Å². The van der Waals surface area contributed by atoms with Crippen LogP contribution >= 0.6 is 22.9 Å². The Balaban J connectivity index is 1.26. The minimum Gasteiger partial charge on any atom is -0.459 e. The number of hydrogen-bond acceptors (Lipinski definition) is 11. The van der Waals surface area contributed by atoms with Gasteiger partial charge < -0.3 is 20.3 Å². The first-order chi connectivity index (χ1) is 23.6. The first-order valence-corrected chi connectivity index (χ1v) is 17.2. The molecular weight excluding hydrogens is 674 g/mol. The summed E-state index contributed by atoms with van der Waals surface area (Å²) in [6.07, 6.45) is 5.85. The molecular formula is C33H31ClF2N10O2S. The van der Waals surface area contributed by atoms with Gasteiger partial charge in [-0.05, 0) is 63.9 Å². The second kappa shape index (κ2) is 11.7. The van der Waals surface area contributed by atoms with Crippen LogP contribution in [0.15, 0.2) is 30.9 Å². The number of nitriles is 1. The third kappa shape index (κ3) is 4.95. The van der Waals surface area contributed by atoms with E-state index in [-0.39, 0.29) is 66.5 Å². The van der Waals surface area contributed by atoms with E-state index in [4.69, 9.17) is 27.1 Å². The maximum Gasteiger partial charge on any atom is 0.346 e. The lowest BCUT2D eigenvalue weighted by Gasteiger charge is -2.50. The molecule has 3 saturated heterocycles. The zero-order valence-electron chi connectivity index (χ0n) is 26.7. The zero-order valence-corrected chi connectivity index (χ0v) is 28.2. The first-order valence-electron chi connectivity index (χ1n) is 16.0. The number of hydrogen-bond donors (Lipinski definition) is 1. The molecule has 3 aliphatic rings. The Kier molecular flexibility index (Phi) is 7.58. The number of halogens is 3. The minimum absolute atomic E-state index is 0.00863. The summed E-state index contributed by atoms with van der Waals surface area (Å²) in [6, 6.07) is 6.14. The standard InChI is InChI=1S/C33H31ClF2N10O2S/c1-17(23-4-3-9-43(23)2)48-31-41-27-19(30(42-31)44-10-7-33(14-44)8-11-45(33)32(47)46-16-39-15-40-46)12-21(34)25(26(27)36)18-5-6-22(35)28-24(18)20(13-37)29(38)49-28/h5-6,12,15-17,23H,3-4,7-11,14,38H2,1-2H3/t17-,23?,33?/m0/s1. The Hall–Kier alpha value is -4.65. The van der Waals surface area contributed by atoms with Crippen LogP contribution in [0.4, 0.5) is 24.4 Å². The molecule has 3 aliphatic heterocycles. The summed E-state index contributed by atoms with van der Waals surface area (Å²) in [5, 5.41) is 14.6. The van der Waals surface area contributed by atoms with Crippen LogP contribution in [0.3, 0.4) is 0 Å². The number of nitrogen functional groups attached to an aromatic ring is 1. The Bertz CT molecular complexity index is 2190. The highest BCUT2D eigenvalue weighted by atomic mass is 35.5. The molecule has 16 heteroatoms. The second-order valence-corrected chi connectivity index (χ2v) is 14.4. The first kappa shape index (κ1) is 31.6. The molecule has 1 amide bonds. The van der Waals surface area contributed by atoms with Gasteiger partial charge in [0.05, 0.1) is 20.8 Å². The molecule has 12 nitrogen and oxygen atoms in total. The number of carbonyl (C=O) groups excluding carboxylic acids is 1. The van der Waals surface area contributed by atoms with Gasteiger partial charge in [-0.25, -0.2) is 18.6 Å². The van der Waals surface area contributed by atoms with Gasteiger partial charge in [-0.2, -0.15) is 25.0 Å². The van der Waals surface area contributed by atoms with Crippen molar-refractivity contribution >= 4 is 60.8 Å². The van der Waals surface area contributed by atoms with Crippen molar-refractivity contribution in [3.63, 3.8) is 0 Å². The number of nitrogens with zero attached hydrogens (tertiary/aromatic N) is 9. The highest BCUT2D eigenvalue weighted by Gasteiger charge is 2.52. The molecule has 3 fully saturated rings. The number of aromatic nitrogens is 5. The van der Waals surface area contributed by atoms with Crippen molar-refractivity contribution < 1.29 is 18.3 Å². The van der Waals surface area contributed by atoms with E-state index in [1.54, 1.807) is 11.0 Å². The van der Waals surface area contributed by atoms with Gasteiger partial charge in [-0.15, -0.1) is 11.3 Å². The number of ether oxygens (including phenoxy) is 1. The van der Waals surface area contributed by atoms with E-state index in [0.717, 1.165) is 37.1 Å². The van der Waals surface area contributed by atoms with Gasteiger partial charge in [0, 0.05) is 42.0 Å². The summed E-state index contributed by atoms with van der Waals surface area (Å²) in [7, 11) is 2.04. The molecule has 3 aromatic heterocycles. The van der Waals surface area contributed by atoms with E-state index in [1.807, 2.05) is 24.9 Å². The van der Waals surface area contributed by atoms with Gasteiger partial charge in [-0.1, -0.05) is 17.7 Å². The molecule has 5 aromatic rings. The van der Waals surface area contributed by atoms with Gasteiger partial charge in [0.1, 0.15) is 47.0 Å². The normalized spacial score (nSPS) is 21.5. The zero-order chi connectivity index (χ0) is 34.2. The monoisotopic (exact) mass is 704 g/mol. The van der Waals surface area contributed by atoms with Crippen molar-refractivity contribution in [3.8, 4) is 23.2 Å². The number of thiophene rings is 1. The van der Waals surface area contributed by atoms with Crippen molar-refractivity contribution in [2.45, 2.75) is 50.3 Å². The molecule has 2 N–H and O–H groups in total. The molecule has 1 spiro atoms. The van der Waals surface area contributed by atoms with Crippen LogP contribution in [-0.2, 0) is 0 Å². The average Bonchev–Trinajstić information content (AvgIpc) is 3.88. The van der Waals surface area contributed by atoms with E-state index < -0.39 is 17.2 Å². The van der Waals surface area contributed by atoms with Crippen molar-refractivity contribution in [2.24, 2.45) is 0 Å². The Labute approximate surface area is 288 Å². The van der Waals surface area contributed by atoms with Crippen LogP contribution in [0.2, 0.25) is 5.02 Å². The number of rotatable bonds is 5. The van der Waals surface area contributed by atoms with Crippen LogP contribution < -0.4 is 15.4 Å². The van der Waals surface area contributed by atoms with Crippen LogP contribution in [0, 0.1) is 23.0 Å². The fraction of sp³-hybridized carbons (Fsp3) is 0.394. The topological polar surface area (TPSA) is 142 Å². The summed E-state index contributed by atoms with van der Waals surface area (Å²) in [5.74, 6) is -0.905. The number of nitrogens with two attached hydrogens (primary N) is 1. The van der Waals surface area contributed by atoms with Crippen molar-refractivity contribution in [1.82, 2.24) is 34.5 Å². The third-order valence-electron chi connectivity index (χ3n) is 10.3. The van der Waals surface area contributed by atoms with Crippen LogP contribution in [0.25, 0.3) is 32.1 Å². The van der Waals surface area contributed by atoms with Crippen molar-refractivity contribution in [3.05, 3.63) is 53.1 Å². The molecule has 6 heterocycles. The van der Waals surface area contributed by atoms with E-state index in [0.29, 0.717) is 37.3 Å². The predicted molar refractivity (Wildman–Crippen MR) is 182 cm³/mol. The number of likely N-dealkylation sites (tertiary alicyclic amines) is 2. The third-order valence-corrected chi connectivity index (χ3v) is 11.6. The lowest BCUT2D eigenvalue weighted by atomic mass is 9.84. The van der Waals surface area contributed by atoms with Crippen molar-refractivity contribution in [2.75, 3.05) is 43.9 Å².